The zero-order chi connectivity index (χ0) is 9.80. The van der Waals surface area contributed by atoms with Crippen LogP contribution in [-0.4, -0.2) is 29.5 Å². The molecular formula is C10H17N3O. The minimum atomic E-state index is 0.373. The van der Waals surface area contributed by atoms with Crippen molar-refractivity contribution in [2.45, 2.75) is 32.0 Å². The number of rotatable bonds is 4. The molecule has 14 heavy (non-hydrogen) atoms. The minimum Gasteiger partial charge on any atom is -0.376 e. The Morgan fingerprint density at radius 2 is 2.64 bits per heavy atom. The number of ether oxygens (including phenoxy) is 1. The molecular weight excluding hydrogens is 178 g/mol. The minimum absolute atomic E-state index is 0.373. The Hall–Kier alpha value is -0.870. The van der Waals surface area contributed by atoms with Gasteiger partial charge in [0.15, 0.2) is 0 Å². The third-order valence-corrected chi connectivity index (χ3v) is 2.48. The van der Waals surface area contributed by atoms with Crippen LogP contribution in [0.15, 0.2) is 12.4 Å². The highest BCUT2D eigenvalue weighted by Gasteiger charge is 2.16. The van der Waals surface area contributed by atoms with Crippen LogP contribution < -0.4 is 5.32 Å². The fourth-order valence-electron chi connectivity index (χ4n) is 1.80. The van der Waals surface area contributed by atoms with Gasteiger partial charge in [-0.25, -0.2) is 0 Å². The molecule has 0 radical (unpaired) electrons. The van der Waals surface area contributed by atoms with E-state index in [1.807, 2.05) is 17.9 Å². The Kier molecular flexibility index (Phi) is 3.16. The van der Waals surface area contributed by atoms with E-state index in [4.69, 9.17) is 4.74 Å². The van der Waals surface area contributed by atoms with Gasteiger partial charge >= 0.3 is 0 Å². The maximum atomic E-state index is 5.55. The van der Waals surface area contributed by atoms with Gasteiger partial charge in [0.2, 0.25) is 0 Å². The van der Waals surface area contributed by atoms with Gasteiger partial charge < -0.3 is 10.1 Å². The van der Waals surface area contributed by atoms with Gasteiger partial charge in [0, 0.05) is 24.9 Å². The van der Waals surface area contributed by atoms with E-state index in [9.17, 15) is 0 Å². The summed E-state index contributed by atoms with van der Waals surface area (Å²) in [5, 5.41) is 7.40. The smallest absolute Gasteiger partial charge is 0.0771 e. The lowest BCUT2D eigenvalue weighted by atomic mass is 10.2. The molecule has 1 N–H and O–H groups in total. The Morgan fingerprint density at radius 3 is 3.36 bits per heavy atom. The molecule has 0 amide bonds. The molecule has 1 fully saturated rings. The number of hydrogen-bond donors (Lipinski definition) is 1. The topological polar surface area (TPSA) is 39.1 Å². The van der Waals surface area contributed by atoms with E-state index in [0.717, 1.165) is 19.7 Å². The second-order valence-electron chi connectivity index (χ2n) is 3.74. The van der Waals surface area contributed by atoms with E-state index >= 15 is 0 Å². The summed E-state index contributed by atoms with van der Waals surface area (Å²) in [4.78, 5) is 0. The molecule has 1 saturated heterocycles. The first-order valence-electron chi connectivity index (χ1n) is 5.16. The molecule has 0 saturated carbocycles. The third kappa shape index (κ3) is 2.33. The monoisotopic (exact) mass is 195 g/mol. The Labute approximate surface area is 84.3 Å². The fraction of sp³-hybridized carbons (Fsp3) is 0.700. The second-order valence-corrected chi connectivity index (χ2v) is 3.74. The number of nitrogens with zero attached hydrogens (tertiary/aromatic N) is 2. The molecule has 1 aromatic heterocycles. The van der Waals surface area contributed by atoms with Crippen molar-refractivity contribution in [3.05, 3.63) is 18.0 Å². The van der Waals surface area contributed by atoms with E-state index in [1.165, 1.54) is 18.4 Å². The molecule has 0 aromatic carbocycles. The quantitative estimate of drug-likeness (QED) is 0.771. The van der Waals surface area contributed by atoms with Gasteiger partial charge in [0.05, 0.1) is 18.8 Å². The summed E-state index contributed by atoms with van der Waals surface area (Å²) in [6, 6.07) is 0. The van der Waals surface area contributed by atoms with Gasteiger partial charge in [-0.3, -0.25) is 4.68 Å². The van der Waals surface area contributed by atoms with Crippen molar-refractivity contribution in [1.82, 2.24) is 15.1 Å². The lowest BCUT2D eigenvalue weighted by Crippen LogP contribution is -2.15. The van der Waals surface area contributed by atoms with E-state index in [-0.39, 0.29) is 0 Å². The second kappa shape index (κ2) is 4.57. The van der Waals surface area contributed by atoms with Gasteiger partial charge in [0.1, 0.15) is 0 Å². The van der Waals surface area contributed by atoms with Crippen molar-refractivity contribution in [2.75, 3.05) is 13.7 Å². The van der Waals surface area contributed by atoms with Gasteiger partial charge in [-0.05, 0) is 19.9 Å². The summed E-state index contributed by atoms with van der Waals surface area (Å²) < 4.78 is 7.52. The first kappa shape index (κ1) is 9.68. The zero-order valence-corrected chi connectivity index (χ0v) is 8.57. The average molecular weight is 195 g/mol. The molecule has 0 aliphatic carbocycles. The summed E-state index contributed by atoms with van der Waals surface area (Å²) in [5.74, 6) is 0. The summed E-state index contributed by atoms with van der Waals surface area (Å²) in [6.07, 6.45) is 6.72. The first-order valence-corrected chi connectivity index (χ1v) is 5.16. The molecule has 0 unspecified atom stereocenters. The summed E-state index contributed by atoms with van der Waals surface area (Å²) in [7, 11) is 1.94. The Balaban J connectivity index is 1.88. The van der Waals surface area contributed by atoms with Crippen LogP contribution in [0.4, 0.5) is 0 Å². The highest BCUT2D eigenvalue weighted by atomic mass is 16.5. The lowest BCUT2D eigenvalue weighted by Gasteiger charge is -2.08. The summed E-state index contributed by atoms with van der Waals surface area (Å²) in [6.45, 7) is 2.69. The molecule has 4 heteroatoms. The van der Waals surface area contributed by atoms with Crippen LogP contribution in [-0.2, 0) is 17.8 Å². The lowest BCUT2D eigenvalue weighted by molar-refractivity contribution is 0.0940. The van der Waals surface area contributed by atoms with Crippen molar-refractivity contribution >= 4 is 0 Å². The van der Waals surface area contributed by atoms with Crippen molar-refractivity contribution < 1.29 is 4.74 Å². The predicted molar refractivity (Wildman–Crippen MR) is 54.0 cm³/mol. The molecule has 4 nitrogen and oxygen atoms in total. The molecule has 1 aliphatic rings. The fourth-order valence-corrected chi connectivity index (χ4v) is 1.80. The zero-order valence-electron chi connectivity index (χ0n) is 8.57. The van der Waals surface area contributed by atoms with Crippen molar-refractivity contribution in [1.29, 1.82) is 0 Å². The molecule has 0 bridgehead atoms. The Morgan fingerprint density at radius 1 is 1.71 bits per heavy atom. The van der Waals surface area contributed by atoms with Gasteiger partial charge in [-0.1, -0.05) is 0 Å². The van der Waals surface area contributed by atoms with Crippen LogP contribution >= 0.6 is 0 Å². The summed E-state index contributed by atoms with van der Waals surface area (Å²) in [5.41, 5.74) is 1.23. The average Bonchev–Trinajstić information content (AvgIpc) is 2.79. The summed E-state index contributed by atoms with van der Waals surface area (Å²) >= 11 is 0. The van der Waals surface area contributed by atoms with Crippen molar-refractivity contribution in [3.63, 3.8) is 0 Å². The normalized spacial score (nSPS) is 21.6. The highest BCUT2D eigenvalue weighted by Crippen LogP contribution is 2.13. The van der Waals surface area contributed by atoms with Gasteiger partial charge in [-0.2, -0.15) is 5.10 Å². The van der Waals surface area contributed by atoms with Gasteiger partial charge in [-0.15, -0.1) is 0 Å². The third-order valence-electron chi connectivity index (χ3n) is 2.48. The van der Waals surface area contributed by atoms with Crippen LogP contribution in [0.1, 0.15) is 18.4 Å². The number of nitrogens with one attached hydrogen (secondary N) is 1. The van der Waals surface area contributed by atoms with E-state index in [1.54, 1.807) is 0 Å². The number of aromatic nitrogens is 2. The predicted octanol–water partition coefficient (Wildman–Crippen LogP) is 0.781. The SMILES string of the molecule is CNCc1cnn(C[C@@H]2CCCO2)c1. The molecule has 1 aromatic rings. The van der Waals surface area contributed by atoms with Crippen LogP contribution in [0.3, 0.4) is 0 Å². The van der Waals surface area contributed by atoms with Crippen LogP contribution in [0.25, 0.3) is 0 Å². The van der Waals surface area contributed by atoms with E-state index in [2.05, 4.69) is 16.6 Å². The molecule has 2 rings (SSSR count). The molecule has 2 heterocycles. The number of hydrogen-bond acceptors (Lipinski definition) is 3. The van der Waals surface area contributed by atoms with Crippen LogP contribution in [0.2, 0.25) is 0 Å². The van der Waals surface area contributed by atoms with Crippen LogP contribution in [0, 0.1) is 0 Å². The molecule has 78 valence electrons. The molecule has 1 atom stereocenters. The van der Waals surface area contributed by atoms with E-state index < -0.39 is 0 Å². The van der Waals surface area contributed by atoms with E-state index in [0.29, 0.717) is 6.10 Å². The standard InChI is InChI=1S/C10H17N3O/c1-11-5-9-6-12-13(7-9)8-10-3-2-4-14-10/h6-7,10-11H,2-5,8H2,1H3/t10-/m0/s1. The Bertz CT molecular complexity index is 279. The largest absolute Gasteiger partial charge is 0.376 e. The van der Waals surface area contributed by atoms with Gasteiger partial charge in [0.25, 0.3) is 0 Å². The highest BCUT2D eigenvalue weighted by molar-refractivity contribution is 5.03. The first-order chi connectivity index (χ1) is 6.88. The molecule has 0 spiro atoms. The van der Waals surface area contributed by atoms with Crippen molar-refractivity contribution in [3.8, 4) is 0 Å². The van der Waals surface area contributed by atoms with Crippen molar-refractivity contribution in [2.24, 2.45) is 0 Å². The van der Waals surface area contributed by atoms with Crippen LogP contribution in [0.5, 0.6) is 0 Å². The molecule has 1 aliphatic heterocycles. The maximum Gasteiger partial charge on any atom is 0.0771 e. The maximum absolute atomic E-state index is 5.55.